The molecule has 2 heteroatoms. The van der Waals surface area contributed by atoms with Crippen molar-refractivity contribution in [3.8, 4) is 0 Å². The van der Waals surface area contributed by atoms with Gasteiger partial charge in [0.1, 0.15) is 0 Å². The average molecular weight is 284 g/mol. The van der Waals surface area contributed by atoms with Gasteiger partial charge in [-0.3, -0.25) is 0 Å². The summed E-state index contributed by atoms with van der Waals surface area (Å²) in [5.74, 6) is 0. The number of ether oxygens (including phenoxy) is 2. The highest BCUT2D eigenvalue weighted by molar-refractivity contribution is 4.62. The van der Waals surface area contributed by atoms with Crippen molar-refractivity contribution < 1.29 is 9.47 Å². The molecule has 0 aromatic rings. The summed E-state index contributed by atoms with van der Waals surface area (Å²) in [6, 6.07) is 0. The van der Waals surface area contributed by atoms with Crippen LogP contribution in [-0.4, -0.2) is 25.9 Å². The maximum absolute atomic E-state index is 5.72. The minimum Gasteiger partial charge on any atom is -0.379 e. The zero-order chi connectivity index (χ0) is 14.3. The van der Waals surface area contributed by atoms with E-state index in [0.29, 0.717) is 6.10 Å². The summed E-state index contributed by atoms with van der Waals surface area (Å²) >= 11 is 0. The summed E-state index contributed by atoms with van der Waals surface area (Å²) in [7, 11) is 0. The molecule has 1 saturated heterocycles. The van der Waals surface area contributed by atoms with Crippen molar-refractivity contribution >= 4 is 0 Å². The SMILES string of the molecule is CCCCCCCCCCCCOCC1CCCCO1. The standard InChI is InChI=1S/C18H36O2/c1-2-3-4-5-6-7-8-9-10-12-15-19-17-18-14-11-13-16-20-18/h18H,2-17H2,1H3. The van der Waals surface area contributed by atoms with Crippen molar-refractivity contribution in [2.75, 3.05) is 19.8 Å². The molecular weight excluding hydrogens is 248 g/mol. The van der Waals surface area contributed by atoms with Gasteiger partial charge in [0, 0.05) is 13.2 Å². The molecule has 20 heavy (non-hydrogen) atoms. The second-order valence-electron chi connectivity index (χ2n) is 6.25. The summed E-state index contributed by atoms with van der Waals surface area (Å²) in [4.78, 5) is 0. The highest BCUT2D eigenvalue weighted by Crippen LogP contribution is 2.13. The number of hydrogen-bond donors (Lipinski definition) is 0. The second-order valence-corrected chi connectivity index (χ2v) is 6.25. The quantitative estimate of drug-likeness (QED) is 0.416. The lowest BCUT2D eigenvalue weighted by molar-refractivity contribution is -0.0411. The van der Waals surface area contributed by atoms with E-state index in [2.05, 4.69) is 6.92 Å². The Kier molecular flexibility index (Phi) is 12.5. The van der Waals surface area contributed by atoms with E-state index < -0.39 is 0 Å². The Morgan fingerprint density at radius 3 is 2.10 bits per heavy atom. The molecule has 2 nitrogen and oxygen atoms in total. The maximum atomic E-state index is 5.72. The van der Waals surface area contributed by atoms with Gasteiger partial charge < -0.3 is 9.47 Å². The van der Waals surface area contributed by atoms with Gasteiger partial charge in [0.25, 0.3) is 0 Å². The van der Waals surface area contributed by atoms with Crippen LogP contribution in [0.25, 0.3) is 0 Å². The van der Waals surface area contributed by atoms with Gasteiger partial charge in [-0.15, -0.1) is 0 Å². The van der Waals surface area contributed by atoms with Crippen LogP contribution in [0.5, 0.6) is 0 Å². The molecule has 0 radical (unpaired) electrons. The number of unbranched alkanes of at least 4 members (excludes halogenated alkanes) is 9. The lowest BCUT2D eigenvalue weighted by atomic mass is 10.1. The third kappa shape index (κ3) is 10.7. The molecule has 1 heterocycles. The van der Waals surface area contributed by atoms with Crippen LogP contribution in [0.2, 0.25) is 0 Å². The van der Waals surface area contributed by atoms with Crippen LogP contribution in [0.15, 0.2) is 0 Å². The Balaban J connectivity index is 1.70. The van der Waals surface area contributed by atoms with Gasteiger partial charge in [-0.1, -0.05) is 64.7 Å². The molecule has 0 saturated carbocycles. The lowest BCUT2D eigenvalue weighted by Gasteiger charge is -2.22. The Labute approximate surface area is 126 Å². The molecule has 0 aromatic carbocycles. The predicted molar refractivity (Wildman–Crippen MR) is 86.3 cm³/mol. The lowest BCUT2D eigenvalue weighted by Crippen LogP contribution is -2.24. The summed E-state index contributed by atoms with van der Waals surface area (Å²) in [5.41, 5.74) is 0. The molecule has 0 N–H and O–H groups in total. The van der Waals surface area contributed by atoms with Crippen molar-refractivity contribution in [3.63, 3.8) is 0 Å². The summed E-state index contributed by atoms with van der Waals surface area (Å²) < 4.78 is 11.4. The summed E-state index contributed by atoms with van der Waals surface area (Å²) in [6.07, 6.45) is 18.0. The van der Waals surface area contributed by atoms with Crippen molar-refractivity contribution in [2.24, 2.45) is 0 Å². The molecule has 1 aliphatic heterocycles. The van der Waals surface area contributed by atoms with Gasteiger partial charge in [0.05, 0.1) is 12.7 Å². The molecule has 1 rings (SSSR count). The summed E-state index contributed by atoms with van der Waals surface area (Å²) in [5, 5.41) is 0. The first kappa shape index (κ1) is 18.0. The Morgan fingerprint density at radius 2 is 1.50 bits per heavy atom. The van der Waals surface area contributed by atoms with Gasteiger partial charge >= 0.3 is 0 Å². The fourth-order valence-electron chi connectivity index (χ4n) is 2.85. The first-order chi connectivity index (χ1) is 9.93. The fraction of sp³-hybridized carbons (Fsp3) is 1.00. The molecule has 1 fully saturated rings. The predicted octanol–water partition coefficient (Wildman–Crippen LogP) is 5.49. The molecule has 1 atom stereocenters. The van der Waals surface area contributed by atoms with Crippen LogP contribution in [-0.2, 0) is 9.47 Å². The average Bonchev–Trinajstić information content (AvgIpc) is 2.49. The van der Waals surface area contributed by atoms with Gasteiger partial charge in [-0.05, 0) is 25.7 Å². The molecule has 0 bridgehead atoms. The molecule has 1 aliphatic rings. The Hall–Kier alpha value is -0.0800. The van der Waals surface area contributed by atoms with E-state index in [1.54, 1.807) is 0 Å². The van der Waals surface area contributed by atoms with E-state index in [1.807, 2.05) is 0 Å². The Bertz CT molecular complexity index is 188. The fourth-order valence-corrected chi connectivity index (χ4v) is 2.85. The van der Waals surface area contributed by atoms with E-state index in [9.17, 15) is 0 Å². The van der Waals surface area contributed by atoms with Crippen molar-refractivity contribution in [3.05, 3.63) is 0 Å². The van der Waals surface area contributed by atoms with E-state index in [0.717, 1.165) is 19.8 Å². The first-order valence-electron chi connectivity index (χ1n) is 9.13. The van der Waals surface area contributed by atoms with E-state index in [4.69, 9.17) is 9.47 Å². The second kappa shape index (κ2) is 13.9. The van der Waals surface area contributed by atoms with Gasteiger partial charge in [0.15, 0.2) is 0 Å². The molecule has 120 valence electrons. The van der Waals surface area contributed by atoms with Crippen LogP contribution < -0.4 is 0 Å². The van der Waals surface area contributed by atoms with Gasteiger partial charge in [-0.25, -0.2) is 0 Å². The normalized spacial score (nSPS) is 19.4. The van der Waals surface area contributed by atoms with Crippen molar-refractivity contribution in [1.82, 2.24) is 0 Å². The molecule has 0 aliphatic carbocycles. The maximum Gasteiger partial charge on any atom is 0.0808 e. The highest BCUT2D eigenvalue weighted by atomic mass is 16.5. The minimum absolute atomic E-state index is 0.381. The van der Waals surface area contributed by atoms with Crippen LogP contribution in [0.4, 0.5) is 0 Å². The third-order valence-corrected chi connectivity index (χ3v) is 4.22. The third-order valence-electron chi connectivity index (χ3n) is 4.22. The van der Waals surface area contributed by atoms with Crippen LogP contribution in [0.3, 0.4) is 0 Å². The largest absolute Gasteiger partial charge is 0.379 e. The van der Waals surface area contributed by atoms with Crippen LogP contribution in [0.1, 0.15) is 90.4 Å². The number of rotatable bonds is 13. The minimum atomic E-state index is 0.381. The van der Waals surface area contributed by atoms with E-state index in [1.165, 1.54) is 83.5 Å². The molecule has 0 aromatic heterocycles. The van der Waals surface area contributed by atoms with Crippen LogP contribution >= 0.6 is 0 Å². The number of hydrogen-bond acceptors (Lipinski definition) is 2. The van der Waals surface area contributed by atoms with Crippen LogP contribution in [0, 0.1) is 0 Å². The smallest absolute Gasteiger partial charge is 0.0808 e. The van der Waals surface area contributed by atoms with Crippen molar-refractivity contribution in [2.45, 2.75) is 96.5 Å². The molecule has 0 amide bonds. The topological polar surface area (TPSA) is 18.5 Å². The molecule has 0 spiro atoms. The first-order valence-corrected chi connectivity index (χ1v) is 9.13. The molecular formula is C18H36O2. The molecule has 1 unspecified atom stereocenters. The highest BCUT2D eigenvalue weighted by Gasteiger charge is 2.13. The zero-order valence-corrected chi connectivity index (χ0v) is 13.7. The zero-order valence-electron chi connectivity index (χ0n) is 13.7. The van der Waals surface area contributed by atoms with Gasteiger partial charge in [-0.2, -0.15) is 0 Å². The van der Waals surface area contributed by atoms with E-state index >= 15 is 0 Å². The monoisotopic (exact) mass is 284 g/mol. The van der Waals surface area contributed by atoms with Gasteiger partial charge in [0.2, 0.25) is 0 Å². The summed E-state index contributed by atoms with van der Waals surface area (Å²) in [6.45, 7) is 4.96. The Morgan fingerprint density at radius 1 is 0.850 bits per heavy atom. The van der Waals surface area contributed by atoms with E-state index in [-0.39, 0.29) is 0 Å². The van der Waals surface area contributed by atoms with Crippen molar-refractivity contribution in [1.29, 1.82) is 0 Å².